The third kappa shape index (κ3) is 2.02. The maximum Gasteiger partial charge on any atom is 0.297 e. The van der Waals surface area contributed by atoms with Gasteiger partial charge in [0.15, 0.2) is 0 Å². The minimum Gasteiger partial charge on any atom is -0.430 e. The molecule has 0 amide bonds. The Labute approximate surface area is 126 Å². The summed E-state index contributed by atoms with van der Waals surface area (Å²) in [4.78, 5) is 21.5. The molecule has 6 heteroatoms. The van der Waals surface area contributed by atoms with Gasteiger partial charge in [0.05, 0.1) is 24.9 Å². The summed E-state index contributed by atoms with van der Waals surface area (Å²) in [6.07, 6.45) is 5.92. The van der Waals surface area contributed by atoms with Crippen LogP contribution in [0, 0.1) is 0 Å². The molecule has 114 valence electrons. The number of pyridine rings is 1. The Morgan fingerprint density at radius 1 is 1.36 bits per heavy atom. The van der Waals surface area contributed by atoms with Crippen LogP contribution in [0.4, 0.5) is 0 Å². The maximum atomic E-state index is 12.5. The van der Waals surface area contributed by atoms with Gasteiger partial charge in [-0.1, -0.05) is 0 Å². The smallest absolute Gasteiger partial charge is 0.297 e. The fourth-order valence-electron chi connectivity index (χ4n) is 3.06. The van der Waals surface area contributed by atoms with Gasteiger partial charge in [-0.15, -0.1) is 0 Å². The van der Waals surface area contributed by atoms with Crippen molar-refractivity contribution in [3.8, 4) is 0 Å². The highest BCUT2D eigenvalue weighted by Gasteiger charge is 2.18. The van der Waals surface area contributed by atoms with Crippen molar-refractivity contribution >= 4 is 22.2 Å². The normalized spacial score (nSPS) is 14.6. The van der Waals surface area contributed by atoms with Gasteiger partial charge in [0.2, 0.25) is 11.3 Å². The molecule has 3 aromatic rings. The highest BCUT2D eigenvalue weighted by molar-refractivity contribution is 6.00. The third-order valence-electron chi connectivity index (χ3n) is 4.25. The van der Waals surface area contributed by atoms with Crippen LogP contribution >= 0.6 is 0 Å². The number of hydrogen-bond donors (Lipinski definition) is 0. The molecule has 0 unspecified atom stereocenters. The standard InChI is InChI=1S/C16H17N3O3/c1-21-7-6-19-9-17-13-11-8-10-4-2-3-5-12(10)18-15(11)22-14(13)16(19)20/h8-9H,2-7H2,1H3. The zero-order chi connectivity index (χ0) is 15.1. The van der Waals surface area contributed by atoms with Crippen LogP contribution in [0.3, 0.4) is 0 Å². The molecule has 0 saturated carbocycles. The van der Waals surface area contributed by atoms with Gasteiger partial charge in [-0.3, -0.25) is 9.36 Å². The minimum absolute atomic E-state index is 0.182. The van der Waals surface area contributed by atoms with Crippen molar-refractivity contribution in [3.63, 3.8) is 0 Å². The van der Waals surface area contributed by atoms with Crippen LogP contribution in [0.5, 0.6) is 0 Å². The van der Waals surface area contributed by atoms with Crippen molar-refractivity contribution in [1.82, 2.24) is 14.5 Å². The second-order valence-electron chi connectivity index (χ2n) is 5.67. The Morgan fingerprint density at radius 3 is 3.09 bits per heavy atom. The summed E-state index contributed by atoms with van der Waals surface area (Å²) in [5.74, 6) is 0. The summed E-state index contributed by atoms with van der Waals surface area (Å²) in [5, 5.41) is 0.839. The van der Waals surface area contributed by atoms with Gasteiger partial charge in [-0.25, -0.2) is 9.97 Å². The molecule has 3 heterocycles. The predicted molar refractivity (Wildman–Crippen MR) is 82.1 cm³/mol. The fraction of sp³-hybridized carbons (Fsp3) is 0.438. The van der Waals surface area contributed by atoms with E-state index in [0.717, 1.165) is 30.3 Å². The fourth-order valence-corrected chi connectivity index (χ4v) is 3.06. The zero-order valence-electron chi connectivity index (χ0n) is 12.5. The number of furan rings is 1. The molecule has 22 heavy (non-hydrogen) atoms. The molecule has 0 saturated heterocycles. The molecular formula is C16H17N3O3. The van der Waals surface area contributed by atoms with E-state index >= 15 is 0 Å². The molecule has 0 aliphatic heterocycles. The quantitative estimate of drug-likeness (QED) is 0.740. The van der Waals surface area contributed by atoms with Crippen LogP contribution in [0.1, 0.15) is 24.1 Å². The molecule has 0 aromatic carbocycles. The zero-order valence-corrected chi connectivity index (χ0v) is 12.5. The first-order valence-corrected chi connectivity index (χ1v) is 7.57. The first-order valence-electron chi connectivity index (χ1n) is 7.57. The lowest BCUT2D eigenvalue weighted by Crippen LogP contribution is -2.22. The van der Waals surface area contributed by atoms with E-state index in [-0.39, 0.29) is 11.1 Å². The maximum absolute atomic E-state index is 12.5. The van der Waals surface area contributed by atoms with Gasteiger partial charge in [0.25, 0.3) is 5.56 Å². The Morgan fingerprint density at radius 2 is 2.23 bits per heavy atom. The van der Waals surface area contributed by atoms with Crippen LogP contribution in [0.25, 0.3) is 22.2 Å². The molecule has 1 aliphatic rings. The Kier molecular flexibility index (Phi) is 3.18. The Bertz CT molecular complexity index is 910. The molecule has 1 aliphatic carbocycles. The minimum atomic E-state index is -0.182. The lowest BCUT2D eigenvalue weighted by atomic mass is 9.95. The average Bonchev–Trinajstić information content (AvgIpc) is 2.90. The van der Waals surface area contributed by atoms with Gasteiger partial charge < -0.3 is 9.15 Å². The number of hydrogen-bond acceptors (Lipinski definition) is 5. The molecule has 0 N–H and O–H groups in total. The Balaban J connectivity index is 1.93. The average molecular weight is 299 g/mol. The summed E-state index contributed by atoms with van der Waals surface area (Å²) >= 11 is 0. The van der Waals surface area contributed by atoms with Gasteiger partial charge in [-0.05, 0) is 37.3 Å². The highest BCUT2D eigenvalue weighted by Crippen LogP contribution is 2.28. The number of fused-ring (bicyclic) bond motifs is 4. The molecule has 3 aromatic heterocycles. The molecule has 0 fully saturated rings. The van der Waals surface area contributed by atoms with E-state index in [2.05, 4.69) is 16.0 Å². The number of methoxy groups -OCH3 is 1. The Hall–Kier alpha value is -2.21. The summed E-state index contributed by atoms with van der Waals surface area (Å²) < 4.78 is 12.2. The van der Waals surface area contributed by atoms with E-state index in [1.165, 1.54) is 16.6 Å². The summed E-state index contributed by atoms with van der Waals surface area (Å²) in [5.41, 5.74) is 3.57. The molecule has 0 bridgehead atoms. The molecular weight excluding hydrogens is 282 g/mol. The van der Waals surface area contributed by atoms with Gasteiger partial charge >= 0.3 is 0 Å². The van der Waals surface area contributed by atoms with Gasteiger partial charge in [-0.2, -0.15) is 0 Å². The number of aryl methyl sites for hydroxylation is 2. The number of rotatable bonds is 3. The molecule has 4 rings (SSSR count). The number of aromatic nitrogens is 3. The number of nitrogens with zero attached hydrogens (tertiary/aromatic N) is 3. The lowest BCUT2D eigenvalue weighted by Gasteiger charge is -2.13. The SMILES string of the molecule is COCCn1cnc2c(oc3nc4c(cc32)CCCC4)c1=O. The van der Waals surface area contributed by atoms with E-state index in [9.17, 15) is 4.79 Å². The molecule has 6 nitrogen and oxygen atoms in total. The van der Waals surface area contributed by atoms with Crippen LogP contribution in [0.2, 0.25) is 0 Å². The first-order chi connectivity index (χ1) is 10.8. The molecule has 0 spiro atoms. The van der Waals surface area contributed by atoms with E-state index in [1.807, 2.05) is 0 Å². The lowest BCUT2D eigenvalue weighted by molar-refractivity contribution is 0.186. The summed E-state index contributed by atoms with van der Waals surface area (Å²) in [6.45, 7) is 0.916. The van der Waals surface area contributed by atoms with Crippen molar-refractivity contribution in [2.75, 3.05) is 13.7 Å². The third-order valence-corrected chi connectivity index (χ3v) is 4.25. The van der Waals surface area contributed by atoms with E-state index in [1.54, 1.807) is 13.4 Å². The van der Waals surface area contributed by atoms with Crippen molar-refractivity contribution in [2.45, 2.75) is 32.2 Å². The second kappa shape index (κ2) is 5.21. The van der Waals surface area contributed by atoms with Crippen LogP contribution < -0.4 is 5.56 Å². The van der Waals surface area contributed by atoms with E-state index in [0.29, 0.717) is 24.4 Å². The van der Waals surface area contributed by atoms with Gasteiger partial charge in [0, 0.05) is 12.8 Å². The monoisotopic (exact) mass is 299 g/mol. The van der Waals surface area contributed by atoms with Crippen molar-refractivity contribution in [1.29, 1.82) is 0 Å². The van der Waals surface area contributed by atoms with Crippen LogP contribution in [-0.2, 0) is 24.1 Å². The van der Waals surface area contributed by atoms with Gasteiger partial charge in [0.1, 0.15) is 5.52 Å². The highest BCUT2D eigenvalue weighted by atomic mass is 16.5. The van der Waals surface area contributed by atoms with Crippen LogP contribution in [-0.4, -0.2) is 28.3 Å². The molecule has 0 atom stereocenters. The van der Waals surface area contributed by atoms with E-state index < -0.39 is 0 Å². The van der Waals surface area contributed by atoms with Crippen LogP contribution in [0.15, 0.2) is 21.6 Å². The predicted octanol–water partition coefficient (Wildman–Crippen LogP) is 2.06. The van der Waals surface area contributed by atoms with E-state index in [4.69, 9.17) is 9.15 Å². The number of ether oxygens (including phenoxy) is 1. The first kappa shape index (κ1) is 13.5. The largest absolute Gasteiger partial charge is 0.430 e. The summed E-state index contributed by atoms with van der Waals surface area (Å²) in [6, 6.07) is 2.09. The summed E-state index contributed by atoms with van der Waals surface area (Å²) in [7, 11) is 1.60. The topological polar surface area (TPSA) is 70.2 Å². The van der Waals surface area contributed by atoms with Crippen molar-refractivity contribution in [3.05, 3.63) is 34.0 Å². The van der Waals surface area contributed by atoms with Crippen molar-refractivity contribution < 1.29 is 9.15 Å². The van der Waals surface area contributed by atoms with Crippen molar-refractivity contribution in [2.24, 2.45) is 0 Å². The second-order valence-corrected chi connectivity index (χ2v) is 5.67. The molecule has 0 radical (unpaired) electrons.